The van der Waals surface area contributed by atoms with E-state index < -0.39 is 0 Å². The Morgan fingerprint density at radius 1 is 0.826 bits per heavy atom. The number of fused-ring (bicyclic) bond motifs is 2. The van der Waals surface area contributed by atoms with Crippen LogP contribution in [-0.2, 0) is 9.47 Å². The Balaban J connectivity index is 1.89. The molecule has 120 valence electrons. The van der Waals surface area contributed by atoms with Crippen LogP contribution in [0, 0.1) is 0 Å². The first-order chi connectivity index (χ1) is 11.2. The second-order valence-electron chi connectivity index (χ2n) is 5.00. The predicted octanol–water partition coefficient (Wildman–Crippen LogP) is 3.82. The summed E-state index contributed by atoms with van der Waals surface area (Å²) >= 11 is 0. The first-order valence-electron chi connectivity index (χ1n) is 7.12. The van der Waals surface area contributed by atoms with E-state index in [0.717, 1.165) is 16.7 Å². The fourth-order valence-electron chi connectivity index (χ4n) is 2.37. The lowest BCUT2D eigenvalue weighted by Crippen LogP contribution is -2.05. The number of rotatable bonds is 6. The predicted molar refractivity (Wildman–Crippen MR) is 86.1 cm³/mol. The van der Waals surface area contributed by atoms with Gasteiger partial charge in [-0.05, 0) is 29.8 Å². The number of hydrogen-bond donors (Lipinski definition) is 0. The summed E-state index contributed by atoms with van der Waals surface area (Å²) in [5.74, 6) is 2.74. The topological polar surface area (TPSA) is 46.2 Å². The lowest BCUT2D eigenvalue weighted by Gasteiger charge is -2.23. The van der Waals surface area contributed by atoms with E-state index in [0.29, 0.717) is 23.0 Å². The van der Waals surface area contributed by atoms with Gasteiger partial charge in [0.05, 0.1) is 0 Å². The van der Waals surface area contributed by atoms with Crippen molar-refractivity contribution in [1.82, 2.24) is 0 Å². The van der Waals surface area contributed by atoms with Crippen LogP contribution in [0.2, 0.25) is 0 Å². The van der Waals surface area contributed by atoms with Gasteiger partial charge >= 0.3 is 0 Å². The zero-order valence-corrected chi connectivity index (χ0v) is 13.1. The van der Waals surface area contributed by atoms with Gasteiger partial charge in [0, 0.05) is 37.5 Å². The van der Waals surface area contributed by atoms with Crippen molar-refractivity contribution in [3.8, 4) is 23.0 Å². The van der Waals surface area contributed by atoms with E-state index in [1.165, 1.54) is 0 Å². The van der Waals surface area contributed by atoms with Crippen molar-refractivity contribution in [3.63, 3.8) is 0 Å². The first-order valence-corrected chi connectivity index (χ1v) is 7.12. The van der Waals surface area contributed by atoms with Gasteiger partial charge in [-0.15, -0.1) is 0 Å². The van der Waals surface area contributed by atoms with E-state index in [1.54, 1.807) is 14.2 Å². The highest BCUT2D eigenvalue weighted by molar-refractivity contribution is 5.87. The molecule has 1 heterocycles. The number of benzene rings is 2. The highest BCUT2D eigenvalue weighted by atomic mass is 16.7. The lowest BCUT2D eigenvalue weighted by molar-refractivity contribution is 0.0510. The average molecular weight is 314 g/mol. The molecule has 0 bridgehead atoms. The van der Waals surface area contributed by atoms with E-state index in [4.69, 9.17) is 23.7 Å². The van der Waals surface area contributed by atoms with Crippen LogP contribution in [0.5, 0.6) is 23.0 Å². The molecule has 0 N–H and O–H groups in total. The molecular weight excluding hydrogens is 296 g/mol. The van der Waals surface area contributed by atoms with Crippen molar-refractivity contribution < 1.29 is 23.7 Å². The van der Waals surface area contributed by atoms with Gasteiger partial charge in [0.1, 0.15) is 23.0 Å². The fourth-order valence-corrected chi connectivity index (χ4v) is 2.37. The molecular formula is C18H18O5. The van der Waals surface area contributed by atoms with Gasteiger partial charge in [-0.3, -0.25) is 0 Å². The van der Waals surface area contributed by atoms with Crippen molar-refractivity contribution >= 4 is 5.57 Å². The van der Waals surface area contributed by atoms with E-state index in [1.807, 2.05) is 36.4 Å². The molecule has 0 aromatic heterocycles. The summed E-state index contributed by atoms with van der Waals surface area (Å²) in [6, 6.07) is 11.2. The molecule has 5 nitrogen and oxygen atoms in total. The van der Waals surface area contributed by atoms with Gasteiger partial charge in [-0.1, -0.05) is 6.58 Å². The summed E-state index contributed by atoms with van der Waals surface area (Å²) in [5, 5.41) is 0. The monoisotopic (exact) mass is 314 g/mol. The Labute approximate surface area is 135 Å². The summed E-state index contributed by atoms with van der Waals surface area (Å²) in [4.78, 5) is 0. The largest absolute Gasteiger partial charge is 0.467 e. The Bertz CT molecular complexity index is 664. The van der Waals surface area contributed by atoms with Crippen LogP contribution in [0.1, 0.15) is 11.1 Å². The summed E-state index contributed by atoms with van der Waals surface area (Å²) in [5.41, 5.74) is 2.78. The molecule has 2 aromatic carbocycles. The minimum atomic E-state index is 0.186. The summed E-state index contributed by atoms with van der Waals surface area (Å²) in [6.07, 6.45) is 0. The SMILES string of the molecule is C=C1c2ccc(OCOC)cc2Oc2cc(OCOC)ccc21. The highest BCUT2D eigenvalue weighted by Gasteiger charge is 2.21. The molecule has 1 aliphatic rings. The second-order valence-corrected chi connectivity index (χ2v) is 5.00. The van der Waals surface area contributed by atoms with Gasteiger partial charge in [0.2, 0.25) is 0 Å². The third kappa shape index (κ3) is 3.16. The molecule has 0 unspecified atom stereocenters. The van der Waals surface area contributed by atoms with Gasteiger partial charge in [0.15, 0.2) is 13.6 Å². The molecule has 0 saturated carbocycles. The van der Waals surface area contributed by atoms with Crippen LogP contribution in [0.15, 0.2) is 43.0 Å². The van der Waals surface area contributed by atoms with Crippen LogP contribution < -0.4 is 14.2 Å². The van der Waals surface area contributed by atoms with Gasteiger partial charge in [-0.25, -0.2) is 0 Å². The molecule has 0 saturated heterocycles. The lowest BCUT2D eigenvalue weighted by atomic mass is 9.95. The summed E-state index contributed by atoms with van der Waals surface area (Å²) in [7, 11) is 3.16. The maximum atomic E-state index is 5.99. The standard InChI is InChI=1S/C18H18O5/c1-12-15-6-4-13(21-10-19-2)8-17(15)23-18-9-14(22-11-20-3)5-7-16(12)18/h4-9H,1,10-11H2,2-3H3. The van der Waals surface area contributed by atoms with Crippen molar-refractivity contribution in [3.05, 3.63) is 54.1 Å². The van der Waals surface area contributed by atoms with Crippen molar-refractivity contribution in [2.24, 2.45) is 0 Å². The third-order valence-corrected chi connectivity index (χ3v) is 3.46. The van der Waals surface area contributed by atoms with Crippen LogP contribution in [0.3, 0.4) is 0 Å². The van der Waals surface area contributed by atoms with E-state index in [-0.39, 0.29) is 13.6 Å². The number of ether oxygens (including phenoxy) is 5. The zero-order valence-electron chi connectivity index (χ0n) is 13.1. The van der Waals surface area contributed by atoms with Crippen LogP contribution >= 0.6 is 0 Å². The highest BCUT2D eigenvalue weighted by Crippen LogP contribution is 2.45. The maximum Gasteiger partial charge on any atom is 0.188 e. The molecule has 0 radical (unpaired) electrons. The Morgan fingerprint density at radius 2 is 1.30 bits per heavy atom. The smallest absolute Gasteiger partial charge is 0.188 e. The quantitative estimate of drug-likeness (QED) is 0.647. The number of methoxy groups -OCH3 is 2. The van der Waals surface area contributed by atoms with Crippen LogP contribution in [0.25, 0.3) is 5.57 Å². The first kappa shape index (κ1) is 15.4. The van der Waals surface area contributed by atoms with Crippen molar-refractivity contribution in [2.75, 3.05) is 27.8 Å². The molecule has 23 heavy (non-hydrogen) atoms. The van der Waals surface area contributed by atoms with E-state index >= 15 is 0 Å². The maximum absolute atomic E-state index is 5.99. The average Bonchev–Trinajstić information content (AvgIpc) is 2.57. The molecule has 2 aromatic rings. The third-order valence-electron chi connectivity index (χ3n) is 3.46. The van der Waals surface area contributed by atoms with Crippen molar-refractivity contribution in [2.45, 2.75) is 0 Å². The molecule has 3 rings (SSSR count). The zero-order chi connectivity index (χ0) is 16.2. The summed E-state index contributed by atoms with van der Waals surface area (Å²) < 4.78 is 26.7. The molecule has 0 amide bonds. The van der Waals surface area contributed by atoms with E-state index in [2.05, 4.69) is 6.58 Å². The molecule has 0 fully saturated rings. The minimum Gasteiger partial charge on any atom is -0.467 e. The van der Waals surface area contributed by atoms with Gasteiger partial charge in [0.25, 0.3) is 0 Å². The van der Waals surface area contributed by atoms with Crippen LogP contribution in [0.4, 0.5) is 0 Å². The molecule has 5 heteroatoms. The molecule has 0 spiro atoms. The Kier molecular flexibility index (Phi) is 4.50. The Morgan fingerprint density at radius 3 is 1.74 bits per heavy atom. The summed E-state index contributed by atoms with van der Waals surface area (Å²) in [6.45, 7) is 4.54. The van der Waals surface area contributed by atoms with Gasteiger partial charge in [-0.2, -0.15) is 0 Å². The normalized spacial score (nSPS) is 12.2. The molecule has 1 aliphatic heterocycles. The minimum absolute atomic E-state index is 0.186. The molecule has 0 atom stereocenters. The van der Waals surface area contributed by atoms with Crippen molar-refractivity contribution in [1.29, 1.82) is 0 Å². The molecule has 0 aliphatic carbocycles. The number of hydrogen-bond acceptors (Lipinski definition) is 5. The van der Waals surface area contributed by atoms with E-state index in [9.17, 15) is 0 Å². The van der Waals surface area contributed by atoms with Gasteiger partial charge < -0.3 is 23.7 Å². The van der Waals surface area contributed by atoms with Crippen LogP contribution in [-0.4, -0.2) is 27.8 Å². The second kappa shape index (κ2) is 6.73. The fraction of sp³-hybridized carbons (Fsp3) is 0.222. The Hall–Kier alpha value is -2.50.